The van der Waals surface area contributed by atoms with E-state index in [0.717, 1.165) is 25.2 Å². The molecule has 1 aliphatic heterocycles. The molecule has 0 amide bonds. The third-order valence-electron chi connectivity index (χ3n) is 3.89. The van der Waals surface area contributed by atoms with E-state index >= 15 is 0 Å². The molecule has 1 fully saturated rings. The van der Waals surface area contributed by atoms with E-state index in [-0.39, 0.29) is 5.75 Å². The number of benzene rings is 1. The van der Waals surface area contributed by atoms with E-state index in [0.29, 0.717) is 11.5 Å². The highest BCUT2D eigenvalue weighted by Crippen LogP contribution is 2.37. The molecular weight excluding hydrogens is 254 g/mol. The average Bonchev–Trinajstić information content (AvgIpc) is 2.43. The predicted molar refractivity (Wildman–Crippen MR) is 79.6 cm³/mol. The Morgan fingerprint density at radius 2 is 1.45 bits per heavy atom. The number of ether oxygens (including phenoxy) is 2. The predicted octanol–water partition coefficient (Wildman–Crippen LogP) is 3.18. The summed E-state index contributed by atoms with van der Waals surface area (Å²) in [5.41, 5.74) is 1.12. The van der Waals surface area contributed by atoms with Gasteiger partial charge in [-0.2, -0.15) is 0 Å². The van der Waals surface area contributed by atoms with Crippen molar-refractivity contribution in [1.82, 2.24) is 4.90 Å². The quantitative estimate of drug-likeness (QED) is 0.919. The Kier molecular flexibility index (Phi) is 5.53. The summed E-state index contributed by atoms with van der Waals surface area (Å²) in [7, 11) is 3.13. The van der Waals surface area contributed by atoms with Crippen molar-refractivity contribution in [2.75, 3.05) is 27.3 Å². The molecule has 2 rings (SSSR count). The molecule has 4 nitrogen and oxygen atoms in total. The van der Waals surface area contributed by atoms with Gasteiger partial charge in [0.25, 0.3) is 0 Å². The Labute approximate surface area is 121 Å². The van der Waals surface area contributed by atoms with Crippen molar-refractivity contribution in [3.63, 3.8) is 0 Å². The van der Waals surface area contributed by atoms with E-state index in [1.54, 1.807) is 14.2 Å². The molecule has 1 saturated heterocycles. The van der Waals surface area contributed by atoms with Gasteiger partial charge in [-0.1, -0.05) is 19.3 Å². The number of nitrogens with zero attached hydrogens (tertiary/aromatic N) is 1. The van der Waals surface area contributed by atoms with Gasteiger partial charge in [0, 0.05) is 6.54 Å². The largest absolute Gasteiger partial charge is 0.502 e. The van der Waals surface area contributed by atoms with Crippen molar-refractivity contribution in [3.8, 4) is 17.2 Å². The second-order valence-corrected chi connectivity index (χ2v) is 5.39. The minimum atomic E-state index is 0.0754. The molecule has 1 aromatic carbocycles. The number of methoxy groups -OCH3 is 2. The van der Waals surface area contributed by atoms with Crippen molar-refractivity contribution >= 4 is 0 Å². The highest BCUT2D eigenvalue weighted by atomic mass is 16.5. The van der Waals surface area contributed by atoms with Crippen LogP contribution in [0.15, 0.2) is 12.1 Å². The molecule has 4 heteroatoms. The zero-order chi connectivity index (χ0) is 14.4. The number of hydrogen-bond acceptors (Lipinski definition) is 4. The first-order chi connectivity index (χ1) is 9.74. The van der Waals surface area contributed by atoms with Crippen molar-refractivity contribution in [3.05, 3.63) is 17.7 Å². The maximum absolute atomic E-state index is 9.94. The molecule has 0 saturated carbocycles. The fourth-order valence-electron chi connectivity index (χ4n) is 2.77. The number of phenols is 1. The van der Waals surface area contributed by atoms with Crippen LogP contribution in [0.3, 0.4) is 0 Å². The Hall–Kier alpha value is -1.42. The van der Waals surface area contributed by atoms with Gasteiger partial charge in [-0.3, -0.25) is 4.90 Å². The Balaban J connectivity index is 2.11. The van der Waals surface area contributed by atoms with Gasteiger partial charge in [0.2, 0.25) is 5.75 Å². The minimum Gasteiger partial charge on any atom is -0.502 e. The van der Waals surface area contributed by atoms with Gasteiger partial charge in [-0.25, -0.2) is 0 Å². The first-order valence-corrected chi connectivity index (χ1v) is 7.41. The molecule has 0 bridgehead atoms. The SMILES string of the molecule is COc1cc(CN2CCCCCCC2)cc(OC)c1O. The topological polar surface area (TPSA) is 41.9 Å². The van der Waals surface area contributed by atoms with Gasteiger partial charge < -0.3 is 14.6 Å². The third kappa shape index (κ3) is 3.79. The van der Waals surface area contributed by atoms with Crippen molar-refractivity contribution in [2.45, 2.75) is 38.6 Å². The third-order valence-corrected chi connectivity index (χ3v) is 3.89. The lowest BCUT2D eigenvalue weighted by molar-refractivity contribution is 0.239. The lowest BCUT2D eigenvalue weighted by Crippen LogP contribution is -2.26. The van der Waals surface area contributed by atoms with Crippen LogP contribution in [-0.2, 0) is 6.54 Å². The highest BCUT2D eigenvalue weighted by molar-refractivity contribution is 5.52. The monoisotopic (exact) mass is 279 g/mol. The van der Waals surface area contributed by atoms with Crippen LogP contribution >= 0.6 is 0 Å². The van der Waals surface area contributed by atoms with Crippen LogP contribution in [0, 0.1) is 0 Å². The fourth-order valence-corrected chi connectivity index (χ4v) is 2.77. The molecule has 0 spiro atoms. The lowest BCUT2D eigenvalue weighted by atomic mass is 10.1. The Morgan fingerprint density at radius 3 is 1.95 bits per heavy atom. The molecule has 1 N–H and O–H groups in total. The Morgan fingerprint density at radius 1 is 0.950 bits per heavy atom. The molecular formula is C16H25NO3. The van der Waals surface area contributed by atoms with Crippen LogP contribution in [-0.4, -0.2) is 37.3 Å². The average molecular weight is 279 g/mol. The van der Waals surface area contributed by atoms with Gasteiger partial charge in [0.1, 0.15) is 0 Å². The molecule has 1 aliphatic rings. The molecule has 112 valence electrons. The van der Waals surface area contributed by atoms with Gasteiger partial charge >= 0.3 is 0 Å². The molecule has 1 aromatic rings. The minimum absolute atomic E-state index is 0.0754. The standard InChI is InChI=1S/C16H25NO3/c1-19-14-10-13(11-15(20-2)16(14)18)12-17-8-6-4-3-5-7-9-17/h10-11,18H,3-9,12H2,1-2H3. The summed E-state index contributed by atoms with van der Waals surface area (Å²) in [6, 6.07) is 3.80. The first-order valence-electron chi connectivity index (χ1n) is 7.41. The van der Waals surface area contributed by atoms with Gasteiger partial charge in [-0.05, 0) is 43.6 Å². The van der Waals surface area contributed by atoms with Crippen LogP contribution < -0.4 is 9.47 Å². The summed E-state index contributed by atoms with van der Waals surface area (Å²) in [6.07, 6.45) is 6.57. The van der Waals surface area contributed by atoms with Crippen molar-refractivity contribution < 1.29 is 14.6 Å². The number of hydrogen-bond donors (Lipinski definition) is 1. The zero-order valence-corrected chi connectivity index (χ0v) is 12.5. The number of phenolic OH excluding ortho intramolecular Hbond substituents is 1. The summed E-state index contributed by atoms with van der Waals surface area (Å²) in [4.78, 5) is 2.48. The van der Waals surface area contributed by atoms with E-state index in [9.17, 15) is 5.11 Å². The zero-order valence-electron chi connectivity index (χ0n) is 12.5. The molecule has 0 atom stereocenters. The van der Waals surface area contributed by atoms with E-state index in [1.807, 2.05) is 12.1 Å². The molecule has 0 radical (unpaired) electrons. The molecule has 0 aliphatic carbocycles. The summed E-state index contributed by atoms with van der Waals surface area (Å²) in [6.45, 7) is 3.17. The van der Waals surface area contributed by atoms with Gasteiger partial charge in [0.15, 0.2) is 11.5 Å². The number of aromatic hydroxyl groups is 1. The smallest absolute Gasteiger partial charge is 0.200 e. The fraction of sp³-hybridized carbons (Fsp3) is 0.625. The second kappa shape index (κ2) is 7.39. The van der Waals surface area contributed by atoms with Crippen LogP contribution in [0.5, 0.6) is 17.2 Å². The van der Waals surface area contributed by atoms with Crippen molar-refractivity contribution in [1.29, 1.82) is 0 Å². The maximum Gasteiger partial charge on any atom is 0.200 e. The molecule has 0 aromatic heterocycles. The van der Waals surface area contributed by atoms with Crippen molar-refractivity contribution in [2.24, 2.45) is 0 Å². The number of likely N-dealkylation sites (tertiary alicyclic amines) is 1. The van der Waals surface area contributed by atoms with Crippen LogP contribution in [0.25, 0.3) is 0 Å². The first kappa shape index (κ1) is 15.0. The summed E-state index contributed by atoms with van der Waals surface area (Å²) >= 11 is 0. The Bertz CT molecular complexity index is 401. The van der Waals surface area contributed by atoms with E-state index < -0.39 is 0 Å². The summed E-state index contributed by atoms with van der Waals surface area (Å²) in [5, 5.41) is 9.94. The normalized spacial score (nSPS) is 17.3. The van der Waals surface area contributed by atoms with Gasteiger partial charge in [0.05, 0.1) is 14.2 Å². The maximum atomic E-state index is 9.94. The van der Waals surface area contributed by atoms with E-state index in [2.05, 4.69) is 4.90 Å². The molecule has 1 heterocycles. The van der Waals surface area contributed by atoms with Crippen LogP contribution in [0.2, 0.25) is 0 Å². The molecule has 20 heavy (non-hydrogen) atoms. The summed E-state index contributed by atoms with van der Waals surface area (Å²) < 4.78 is 10.4. The second-order valence-electron chi connectivity index (χ2n) is 5.39. The lowest BCUT2D eigenvalue weighted by Gasteiger charge is -2.25. The summed E-state index contributed by atoms with van der Waals surface area (Å²) in [5.74, 6) is 1.03. The van der Waals surface area contributed by atoms with Gasteiger partial charge in [-0.15, -0.1) is 0 Å². The van der Waals surface area contributed by atoms with E-state index in [1.165, 1.54) is 32.1 Å². The van der Waals surface area contributed by atoms with Crippen LogP contribution in [0.1, 0.15) is 37.7 Å². The molecule has 0 unspecified atom stereocenters. The highest BCUT2D eigenvalue weighted by Gasteiger charge is 2.14. The van der Waals surface area contributed by atoms with E-state index in [4.69, 9.17) is 9.47 Å². The number of rotatable bonds is 4. The van der Waals surface area contributed by atoms with Crippen LogP contribution in [0.4, 0.5) is 0 Å².